The van der Waals surface area contributed by atoms with Crippen molar-refractivity contribution in [1.29, 1.82) is 0 Å². The maximum atomic E-state index is 13.7. The molecule has 1 aromatic carbocycles. The van der Waals surface area contributed by atoms with Crippen LogP contribution in [0.15, 0.2) is 54.7 Å². The molecular weight excluding hydrogens is 352 g/mol. The van der Waals surface area contributed by atoms with Gasteiger partial charge in [-0.05, 0) is 30.5 Å². The van der Waals surface area contributed by atoms with Gasteiger partial charge in [-0.3, -0.25) is 9.78 Å². The standard InChI is InChI=1S/C23H30N2O3/c1-3-10-18(21(26)11-4-2)22(27)25-20(17-12-6-5-7-13-17)16-28-23(25)19-14-8-9-15-24-19/h5-9,12-15,18,20-21,23,26H,3-4,10-11,16H2,1-2H3/t18-,20+,21+,23-/m1/s1. The molecule has 0 unspecified atom stereocenters. The van der Waals surface area contributed by atoms with Gasteiger partial charge in [0.15, 0.2) is 6.23 Å². The number of rotatable bonds is 8. The number of carbonyl (C=O) groups excluding carboxylic acids is 1. The Morgan fingerprint density at radius 3 is 2.50 bits per heavy atom. The van der Waals surface area contributed by atoms with Crippen molar-refractivity contribution < 1.29 is 14.6 Å². The van der Waals surface area contributed by atoms with E-state index in [4.69, 9.17) is 4.74 Å². The summed E-state index contributed by atoms with van der Waals surface area (Å²) in [6.07, 6.45) is 3.51. The Labute approximate surface area is 167 Å². The van der Waals surface area contributed by atoms with E-state index in [0.717, 1.165) is 24.1 Å². The minimum Gasteiger partial charge on any atom is -0.392 e. The summed E-state index contributed by atoms with van der Waals surface area (Å²) in [4.78, 5) is 19.9. The summed E-state index contributed by atoms with van der Waals surface area (Å²) in [5.74, 6) is -0.478. The molecule has 5 heteroatoms. The zero-order chi connectivity index (χ0) is 19.9. The Kier molecular flexibility index (Phi) is 7.18. The molecule has 1 fully saturated rings. The first kappa shape index (κ1) is 20.5. The molecule has 0 radical (unpaired) electrons. The highest BCUT2D eigenvalue weighted by Gasteiger charge is 2.43. The Morgan fingerprint density at radius 1 is 1.14 bits per heavy atom. The van der Waals surface area contributed by atoms with Crippen molar-refractivity contribution >= 4 is 5.91 Å². The lowest BCUT2D eigenvalue weighted by molar-refractivity contribution is -0.147. The van der Waals surface area contributed by atoms with Crippen LogP contribution in [0.1, 0.15) is 63.1 Å². The molecular formula is C23H30N2O3. The van der Waals surface area contributed by atoms with Crippen LogP contribution in [-0.4, -0.2) is 33.6 Å². The molecule has 0 aliphatic carbocycles. The van der Waals surface area contributed by atoms with Crippen molar-refractivity contribution in [1.82, 2.24) is 9.88 Å². The van der Waals surface area contributed by atoms with E-state index in [-0.39, 0.29) is 11.9 Å². The molecule has 2 heterocycles. The van der Waals surface area contributed by atoms with Gasteiger partial charge in [0, 0.05) is 6.20 Å². The second kappa shape index (κ2) is 9.80. The van der Waals surface area contributed by atoms with Crippen LogP contribution in [-0.2, 0) is 9.53 Å². The molecule has 1 N–H and O–H groups in total. The number of hydrogen-bond acceptors (Lipinski definition) is 4. The van der Waals surface area contributed by atoms with E-state index < -0.39 is 18.2 Å². The molecule has 4 atom stereocenters. The van der Waals surface area contributed by atoms with Crippen molar-refractivity contribution in [2.24, 2.45) is 5.92 Å². The number of pyridine rings is 1. The van der Waals surface area contributed by atoms with E-state index in [1.807, 2.05) is 62.4 Å². The first-order chi connectivity index (χ1) is 13.7. The second-order valence-electron chi connectivity index (χ2n) is 7.36. The van der Waals surface area contributed by atoms with Crippen LogP contribution in [0.3, 0.4) is 0 Å². The molecule has 0 spiro atoms. The number of hydrogen-bond donors (Lipinski definition) is 1. The van der Waals surface area contributed by atoms with E-state index >= 15 is 0 Å². The van der Waals surface area contributed by atoms with Gasteiger partial charge in [0.1, 0.15) is 0 Å². The fourth-order valence-electron chi connectivity index (χ4n) is 3.94. The van der Waals surface area contributed by atoms with Gasteiger partial charge in [-0.1, -0.05) is 63.1 Å². The van der Waals surface area contributed by atoms with Crippen LogP contribution >= 0.6 is 0 Å². The topological polar surface area (TPSA) is 62.7 Å². The van der Waals surface area contributed by atoms with Crippen molar-refractivity contribution in [3.8, 4) is 0 Å². The molecule has 150 valence electrons. The Balaban J connectivity index is 1.96. The summed E-state index contributed by atoms with van der Waals surface area (Å²) in [5, 5.41) is 10.7. The molecule has 1 aliphatic rings. The van der Waals surface area contributed by atoms with Crippen LogP contribution in [0, 0.1) is 5.92 Å². The minimum atomic E-state index is -0.640. The van der Waals surface area contributed by atoms with E-state index in [0.29, 0.717) is 19.4 Å². The summed E-state index contributed by atoms with van der Waals surface area (Å²) in [7, 11) is 0. The third-order valence-electron chi connectivity index (χ3n) is 5.35. The van der Waals surface area contributed by atoms with Gasteiger partial charge < -0.3 is 14.7 Å². The van der Waals surface area contributed by atoms with Crippen LogP contribution in [0.4, 0.5) is 0 Å². The van der Waals surface area contributed by atoms with Crippen molar-refractivity contribution in [3.05, 3.63) is 66.0 Å². The first-order valence-electron chi connectivity index (χ1n) is 10.2. The molecule has 2 aromatic rings. The van der Waals surface area contributed by atoms with Gasteiger partial charge in [-0.2, -0.15) is 0 Å². The lowest BCUT2D eigenvalue weighted by Gasteiger charge is -2.33. The predicted molar refractivity (Wildman–Crippen MR) is 108 cm³/mol. The number of carbonyl (C=O) groups is 1. The monoisotopic (exact) mass is 382 g/mol. The molecule has 0 saturated carbocycles. The van der Waals surface area contributed by atoms with Crippen molar-refractivity contribution in [2.45, 2.75) is 57.9 Å². The summed E-state index contributed by atoms with van der Waals surface area (Å²) < 4.78 is 6.07. The average molecular weight is 383 g/mol. The average Bonchev–Trinajstić information content (AvgIpc) is 3.18. The smallest absolute Gasteiger partial charge is 0.231 e. The van der Waals surface area contributed by atoms with Crippen LogP contribution in [0.25, 0.3) is 0 Å². The zero-order valence-electron chi connectivity index (χ0n) is 16.7. The van der Waals surface area contributed by atoms with E-state index in [2.05, 4.69) is 4.98 Å². The normalized spacial score (nSPS) is 21.5. The maximum Gasteiger partial charge on any atom is 0.231 e. The van der Waals surface area contributed by atoms with Crippen LogP contribution < -0.4 is 0 Å². The third kappa shape index (κ3) is 4.42. The van der Waals surface area contributed by atoms with Gasteiger partial charge in [0.05, 0.1) is 30.4 Å². The van der Waals surface area contributed by atoms with Gasteiger partial charge in [-0.15, -0.1) is 0 Å². The number of amides is 1. The lowest BCUT2D eigenvalue weighted by Crippen LogP contribution is -2.42. The van der Waals surface area contributed by atoms with Crippen LogP contribution in [0.5, 0.6) is 0 Å². The molecule has 1 aliphatic heterocycles. The summed E-state index contributed by atoms with van der Waals surface area (Å²) in [6, 6.07) is 15.4. The number of benzene rings is 1. The Morgan fingerprint density at radius 2 is 1.86 bits per heavy atom. The number of ether oxygens (including phenoxy) is 1. The Hall–Kier alpha value is -2.24. The highest BCUT2D eigenvalue weighted by molar-refractivity contribution is 5.80. The van der Waals surface area contributed by atoms with Crippen molar-refractivity contribution in [2.75, 3.05) is 6.61 Å². The molecule has 0 bridgehead atoms. The fraction of sp³-hybridized carbons (Fsp3) is 0.478. The Bertz CT molecular complexity index is 691. The van der Waals surface area contributed by atoms with Crippen molar-refractivity contribution in [3.63, 3.8) is 0 Å². The van der Waals surface area contributed by atoms with Gasteiger partial charge in [0.25, 0.3) is 0 Å². The first-order valence-corrected chi connectivity index (χ1v) is 10.2. The van der Waals surface area contributed by atoms with E-state index in [1.54, 1.807) is 11.1 Å². The predicted octanol–water partition coefficient (Wildman–Crippen LogP) is 4.26. The van der Waals surface area contributed by atoms with E-state index in [9.17, 15) is 9.90 Å². The number of aliphatic hydroxyl groups excluding tert-OH is 1. The highest BCUT2D eigenvalue weighted by atomic mass is 16.5. The number of nitrogens with zero attached hydrogens (tertiary/aromatic N) is 2. The minimum absolute atomic E-state index is 0.0511. The molecule has 1 saturated heterocycles. The SMILES string of the molecule is CCC[C@H](O)[C@@H](CCC)C(=O)N1[C@@H](c2ccccn2)OC[C@H]1c1ccccc1. The van der Waals surface area contributed by atoms with Gasteiger partial charge in [-0.25, -0.2) is 0 Å². The summed E-state index contributed by atoms with van der Waals surface area (Å²) >= 11 is 0. The molecule has 1 amide bonds. The number of aliphatic hydroxyl groups is 1. The highest BCUT2D eigenvalue weighted by Crippen LogP contribution is 2.40. The quantitative estimate of drug-likeness (QED) is 0.741. The van der Waals surface area contributed by atoms with Gasteiger partial charge >= 0.3 is 0 Å². The zero-order valence-corrected chi connectivity index (χ0v) is 16.7. The molecule has 3 rings (SSSR count). The number of aromatic nitrogens is 1. The van der Waals surface area contributed by atoms with Gasteiger partial charge in [0.2, 0.25) is 5.91 Å². The lowest BCUT2D eigenvalue weighted by atomic mass is 9.91. The molecule has 5 nitrogen and oxygen atoms in total. The summed E-state index contributed by atoms with van der Waals surface area (Å²) in [5.41, 5.74) is 1.75. The molecule has 1 aromatic heterocycles. The maximum absolute atomic E-state index is 13.7. The molecule has 28 heavy (non-hydrogen) atoms. The largest absolute Gasteiger partial charge is 0.392 e. The summed E-state index contributed by atoms with van der Waals surface area (Å²) in [6.45, 7) is 4.49. The third-order valence-corrected chi connectivity index (χ3v) is 5.35. The van der Waals surface area contributed by atoms with E-state index in [1.165, 1.54) is 0 Å². The van der Waals surface area contributed by atoms with Crippen LogP contribution in [0.2, 0.25) is 0 Å². The fourth-order valence-corrected chi connectivity index (χ4v) is 3.94. The second-order valence-corrected chi connectivity index (χ2v) is 7.36.